The van der Waals surface area contributed by atoms with Gasteiger partial charge in [-0.15, -0.1) is 4.28 Å². The summed E-state index contributed by atoms with van der Waals surface area (Å²) in [5.74, 6) is 0.556. The number of urea groups is 1. The van der Waals surface area contributed by atoms with Crippen LogP contribution in [0, 0.1) is 5.41 Å². The molecule has 13 heteroatoms. The van der Waals surface area contributed by atoms with E-state index in [9.17, 15) is 18.0 Å². The summed E-state index contributed by atoms with van der Waals surface area (Å²) in [5.41, 5.74) is -0.294. The highest BCUT2D eigenvalue weighted by Crippen LogP contribution is 2.61. The molecule has 0 radical (unpaired) electrons. The van der Waals surface area contributed by atoms with E-state index in [0.29, 0.717) is 30.8 Å². The molecule has 1 aromatic heterocycles. The molecule has 2 aliphatic heterocycles. The molecule has 3 amide bonds. The number of amides is 3. The Morgan fingerprint density at radius 2 is 2.09 bits per heavy atom. The van der Waals surface area contributed by atoms with Gasteiger partial charge in [-0.2, -0.15) is 13.5 Å². The highest BCUT2D eigenvalue weighted by molar-refractivity contribution is 7.80. The molecule has 1 N–H and O–H groups in total. The lowest BCUT2D eigenvalue weighted by atomic mass is 9.84. The Balaban J connectivity index is 1.43. The Hall–Kier alpha value is -2.38. The molecule has 1 aromatic rings. The number of aromatic nitrogens is 1. The molecule has 0 aromatic carbocycles. The molecule has 12 nitrogen and oxygen atoms in total. The van der Waals surface area contributed by atoms with E-state index < -0.39 is 40.2 Å². The van der Waals surface area contributed by atoms with Crippen molar-refractivity contribution in [1.29, 1.82) is 0 Å². The maximum absolute atomic E-state index is 12.8. The number of carbonyl (C=O) groups excluding carboxylic acids is 2. The van der Waals surface area contributed by atoms with Gasteiger partial charge in [0.15, 0.2) is 0 Å². The van der Waals surface area contributed by atoms with Crippen LogP contribution in [0.2, 0.25) is 0 Å². The predicted molar refractivity (Wildman–Crippen MR) is 108 cm³/mol. The maximum atomic E-state index is 12.8. The zero-order chi connectivity index (χ0) is 23.5. The normalized spacial score (nSPS) is 24.2. The number of likely N-dealkylation sites (N-methyl/N-ethyl adjacent to an activating group) is 1. The Bertz CT molecular complexity index is 1010. The first kappa shape index (κ1) is 22.8. The van der Waals surface area contributed by atoms with Gasteiger partial charge in [-0.25, -0.2) is 9.59 Å². The predicted octanol–water partition coefficient (Wildman–Crippen LogP) is 2.15. The minimum Gasteiger partial charge on any atom is -0.444 e. The van der Waals surface area contributed by atoms with E-state index in [4.69, 9.17) is 13.8 Å². The summed E-state index contributed by atoms with van der Waals surface area (Å²) in [4.78, 5) is 27.9. The summed E-state index contributed by atoms with van der Waals surface area (Å²) in [6.07, 6.45) is 2.22. The smallest absolute Gasteiger partial charge is 0.418 e. The number of piperidine rings is 1. The van der Waals surface area contributed by atoms with Gasteiger partial charge < -0.3 is 19.1 Å². The molecule has 0 unspecified atom stereocenters. The van der Waals surface area contributed by atoms with Gasteiger partial charge in [-0.1, -0.05) is 5.16 Å². The molecular formula is C19H28N4O8S. The van der Waals surface area contributed by atoms with Crippen molar-refractivity contribution in [3.8, 4) is 0 Å². The second kappa shape index (κ2) is 7.59. The molecule has 2 atom stereocenters. The van der Waals surface area contributed by atoms with Crippen LogP contribution in [0.1, 0.15) is 57.5 Å². The number of ether oxygens (including phenoxy) is 1. The molecule has 1 aliphatic carbocycles. The lowest BCUT2D eigenvalue weighted by Gasteiger charge is -2.35. The van der Waals surface area contributed by atoms with Gasteiger partial charge in [0, 0.05) is 32.6 Å². The van der Waals surface area contributed by atoms with Crippen molar-refractivity contribution in [2.24, 2.45) is 5.41 Å². The van der Waals surface area contributed by atoms with Crippen LogP contribution < -0.4 is 0 Å². The van der Waals surface area contributed by atoms with Crippen molar-refractivity contribution in [1.82, 2.24) is 20.0 Å². The Kier molecular flexibility index (Phi) is 5.41. The van der Waals surface area contributed by atoms with Crippen molar-refractivity contribution in [2.75, 3.05) is 20.1 Å². The molecule has 2 saturated heterocycles. The third-order valence-corrected chi connectivity index (χ3v) is 6.50. The van der Waals surface area contributed by atoms with E-state index >= 15 is 0 Å². The zero-order valence-corrected chi connectivity index (χ0v) is 19.3. The molecule has 2 bridgehead atoms. The van der Waals surface area contributed by atoms with Crippen LogP contribution >= 0.6 is 0 Å². The minimum atomic E-state index is -4.81. The van der Waals surface area contributed by atoms with Crippen LogP contribution in [0.25, 0.3) is 0 Å². The number of hydroxylamine groups is 2. The second-order valence-corrected chi connectivity index (χ2v) is 10.7. The lowest BCUT2D eigenvalue weighted by molar-refractivity contribution is -0.0527. The summed E-state index contributed by atoms with van der Waals surface area (Å²) >= 11 is 0. The van der Waals surface area contributed by atoms with Crippen molar-refractivity contribution in [3.63, 3.8) is 0 Å². The molecule has 3 aliphatic rings. The molecule has 32 heavy (non-hydrogen) atoms. The molecule has 1 spiro atoms. The molecule has 3 heterocycles. The van der Waals surface area contributed by atoms with Crippen molar-refractivity contribution >= 4 is 22.5 Å². The summed E-state index contributed by atoms with van der Waals surface area (Å²) in [6.45, 7) is 6.03. The van der Waals surface area contributed by atoms with Crippen molar-refractivity contribution < 1.29 is 36.1 Å². The minimum absolute atomic E-state index is 0.270. The third-order valence-electron chi connectivity index (χ3n) is 6.15. The average Bonchev–Trinajstić information content (AvgIpc) is 3.16. The van der Waals surface area contributed by atoms with Crippen LogP contribution in [-0.2, 0) is 25.8 Å². The van der Waals surface area contributed by atoms with Gasteiger partial charge >= 0.3 is 22.5 Å². The van der Waals surface area contributed by atoms with E-state index in [1.807, 2.05) is 0 Å². The third kappa shape index (κ3) is 4.55. The standard InChI is InChI=1S/C19H28N4O8S/c1-18(2,3)29-17(25)21(4)8-5-12-9-13(20-30-12)14-10-19(6-7-19)15-11-22(14)16(24)23(15)31-32(26,27)28/h9,14-15H,5-8,10-11H2,1-4H3,(H,26,27,28)/t14-,15-/m0/s1. The van der Waals surface area contributed by atoms with Crippen LogP contribution in [0.15, 0.2) is 10.6 Å². The van der Waals surface area contributed by atoms with Crippen LogP contribution in [-0.4, -0.2) is 76.9 Å². The fourth-order valence-electron chi connectivity index (χ4n) is 4.39. The molecule has 4 rings (SSSR count). The fraction of sp³-hybridized carbons (Fsp3) is 0.737. The Morgan fingerprint density at radius 1 is 1.41 bits per heavy atom. The van der Waals surface area contributed by atoms with E-state index in [1.165, 1.54) is 9.80 Å². The Labute approximate surface area is 186 Å². The maximum Gasteiger partial charge on any atom is 0.418 e. The van der Waals surface area contributed by atoms with Crippen LogP contribution in [0.4, 0.5) is 9.59 Å². The summed E-state index contributed by atoms with van der Waals surface area (Å²) in [7, 11) is -3.18. The second-order valence-electron chi connectivity index (χ2n) is 9.73. The molecule has 1 saturated carbocycles. The fourth-order valence-corrected chi connectivity index (χ4v) is 4.76. The molecular weight excluding hydrogens is 444 g/mol. The number of rotatable bonds is 6. The Morgan fingerprint density at radius 3 is 2.69 bits per heavy atom. The summed E-state index contributed by atoms with van der Waals surface area (Å²) in [6, 6.07) is 0.291. The zero-order valence-electron chi connectivity index (χ0n) is 18.5. The number of hydrogen-bond donors (Lipinski definition) is 1. The van der Waals surface area contributed by atoms with Gasteiger partial charge in [-0.3, -0.25) is 4.55 Å². The largest absolute Gasteiger partial charge is 0.444 e. The van der Waals surface area contributed by atoms with E-state index in [1.54, 1.807) is 33.9 Å². The van der Waals surface area contributed by atoms with E-state index in [-0.39, 0.29) is 12.0 Å². The molecule has 178 valence electrons. The van der Waals surface area contributed by atoms with Gasteiger partial charge in [0.05, 0.1) is 12.1 Å². The topological polar surface area (TPSA) is 143 Å². The van der Waals surface area contributed by atoms with Crippen LogP contribution in [0.3, 0.4) is 0 Å². The number of hydrogen-bond acceptors (Lipinski definition) is 8. The van der Waals surface area contributed by atoms with Crippen LogP contribution in [0.5, 0.6) is 0 Å². The van der Waals surface area contributed by atoms with Gasteiger partial charge in [-0.05, 0) is 45.4 Å². The van der Waals surface area contributed by atoms with Crippen molar-refractivity contribution in [2.45, 2.75) is 64.1 Å². The number of nitrogens with zero attached hydrogens (tertiary/aromatic N) is 4. The summed E-state index contributed by atoms with van der Waals surface area (Å²) < 4.78 is 46.9. The first-order valence-corrected chi connectivity index (χ1v) is 11.8. The molecule has 3 fully saturated rings. The van der Waals surface area contributed by atoms with E-state index in [0.717, 1.165) is 17.9 Å². The van der Waals surface area contributed by atoms with Gasteiger partial charge in [0.2, 0.25) is 0 Å². The lowest BCUT2D eigenvalue weighted by Crippen LogP contribution is -2.43. The highest BCUT2D eigenvalue weighted by Gasteiger charge is 2.64. The van der Waals surface area contributed by atoms with Crippen molar-refractivity contribution in [3.05, 3.63) is 17.5 Å². The first-order chi connectivity index (χ1) is 14.8. The average molecular weight is 473 g/mol. The SMILES string of the molecule is CN(CCc1cc([C@@H]2CC3(CC3)[C@@H]3CN2C(=O)N3OS(=O)(=O)O)no1)C(=O)OC(C)(C)C. The first-order valence-electron chi connectivity index (χ1n) is 10.4. The number of carbonyl (C=O) groups is 2. The summed E-state index contributed by atoms with van der Waals surface area (Å²) in [5, 5.41) is 4.91. The highest BCUT2D eigenvalue weighted by atomic mass is 32.3. The quantitative estimate of drug-likeness (QED) is 0.616. The van der Waals surface area contributed by atoms with Gasteiger partial charge in [0.25, 0.3) is 0 Å². The monoisotopic (exact) mass is 472 g/mol. The van der Waals surface area contributed by atoms with Gasteiger partial charge in [0.1, 0.15) is 17.1 Å². The van der Waals surface area contributed by atoms with E-state index in [2.05, 4.69) is 9.44 Å². The number of fused-ring (bicyclic) bond motifs is 3.